The summed E-state index contributed by atoms with van der Waals surface area (Å²) in [6.07, 6.45) is 4.72. The van der Waals surface area contributed by atoms with Gasteiger partial charge in [0.15, 0.2) is 8.32 Å². The molecule has 0 bridgehead atoms. The number of aromatic nitrogens is 2. The third kappa shape index (κ3) is 6.38. The number of ether oxygens (including phenoxy) is 1. The van der Waals surface area contributed by atoms with Crippen LogP contribution in [-0.4, -0.2) is 78.2 Å². The molecule has 0 radical (unpaired) electrons. The molecule has 1 N–H and O–H groups in total. The van der Waals surface area contributed by atoms with Gasteiger partial charge in [0.25, 0.3) is 5.91 Å². The van der Waals surface area contributed by atoms with Gasteiger partial charge in [-0.3, -0.25) is 29.6 Å². The Balaban J connectivity index is 1.30. The molecule has 3 aromatic rings. The fourth-order valence-corrected chi connectivity index (χ4v) is 7.16. The number of imide groups is 1. The number of pyridine rings is 2. The number of nitrogens with one attached hydrogen (secondary N) is 1. The van der Waals surface area contributed by atoms with Gasteiger partial charge in [-0.05, 0) is 79.8 Å². The number of carbonyl (C=O) groups is 3. The van der Waals surface area contributed by atoms with E-state index in [1.54, 1.807) is 11.1 Å². The number of nitrogens with zero attached hydrogens (tertiary/aromatic N) is 4. The minimum Gasteiger partial charge on any atom is -0.489 e. The molecule has 2 aromatic heterocycles. The Morgan fingerprint density at radius 2 is 1.80 bits per heavy atom. The zero-order chi connectivity index (χ0) is 31.9. The van der Waals surface area contributed by atoms with E-state index < -0.39 is 20.3 Å². The topological polar surface area (TPSA) is 114 Å². The van der Waals surface area contributed by atoms with Gasteiger partial charge in [-0.25, -0.2) is 4.98 Å². The molecule has 2 saturated heterocycles. The van der Waals surface area contributed by atoms with Gasteiger partial charge in [-0.2, -0.15) is 0 Å². The molecular formula is C34H43N5O5Si. The van der Waals surface area contributed by atoms with Crippen LogP contribution in [0.15, 0.2) is 36.5 Å². The number of piperidine rings is 1. The fraction of sp³-hybridized carbons (Fsp3) is 0.500. The molecule has 1 aromatic carbocycles. The molecule has 238 valence electrons. The molecule has 1 unspecified atom stereocenters. The highest BCUT2D eigenvalue weighted by Gasteiger charge is 2.39. The molecule has 0 aliphatic carbocycles. The number of rotatable bonds is 9. The van der Waals surface area contributed by atoms with Crippen molar-refractivity contribution < 1.29 is 23.5 Å². The maximum absolute atomic E-state index is 13.3. The predicted octanol–water partition coefficient (Wildman–Crippen LogP) is 5.05. The van der Waals surface area contributed by atoms with E-state index in [0.29, 0.717) is 43.0 Å². The van der Waals surface area contributed by atoms with E-state index >= 15 is 0 Å². The molecule has 5 heterocycles. The first-order valence-corrected chi connectivity index (χ1v) is 18.9. The average molecular weight is 630 g/mol. The second-order valence-electron chi connectivity index (χ2n) is 13.9. The molecule has 3 aliphatic rings. The summed E-state index contributed by atoms with van der Waals surface area (Å²) in [4.78, 5) is 51.4. The Kier molecular flexibility index (Phi) is 8.53. The van der Waals surface area contributed by atoms with Gasteiger partial charge in [-0.15, -0.1) is 0 Å². The van der Waals surface area contributed by atoms with Crippen LogP contribution in [0.3, 0.4) is 0 Å². The van der Waals surface area contributed by atoms with Crippen LogP contribution in [0, 0.1) is 0 Å². The third-order valence-corrected chi connectivity index (χ3v) is 14.3. The van der Waals surface area contributed by atoms with Gasteiger partial charge < -0.3 is 14.1 Å². The third-order valence-electron chi connectivity index (χ3n) is 9.76. The maximum Gasteiger partial charge on any atom is 0.255 e. The minimum absolute atomic E-state index is 0.122. The summed E-state index contributed by atoms with van der Waals surface area (Å²) in [5.74, 6) is -0.225. The van der Waals surface area contributed by atoms with Crippen LogP contribution in [0.2, 0.25) is 18.1 Å². The van der Waals surface area contributed by atoms with E-state index in [9.17, 15) is 14.4 Å². The summed E-state index contributed by atoms with van der Waals surface area (Å²) >= 11 is 0. The van der Waals surface area contributed by atoms with Crippen LogP contribution in [0.5, 0.6) is 5.75 Å². The molecule has 2 fully saturated rings. The zero-order valence-corrected chi connectivity index (χ0v) is 27.9. The predicted molar refractivity (Wildman–Crippen MR) is 174 cm³/mol. The van der Waals surface area contributed by atoms with Gasteiger partial charge in [-0.1, -0.05) is 26.8 Å². The van der Waals surface area contributed by atoms with Crippen molar-refractivity contribution >= 4 is 37.1 Å². The lowest BCUT2D eigenvalue weighted by Gasteiger charge is -2.36. The van der Waals surface area contributed by atoms with Crippen molar-refractivity contribution in [1.82, 2.24) is 25.1 Å². The highest BCUT2D eigenvalue weighted by atomic mass is 28.4. The van der Waals surface area contributed by atoms with Crippen LogP contribution >= 0.6 is 0 Å². The smallest absolute Gasteiger partial charge is 0.255 e. The Morgan fingerprint density at radius 1 is 1.02 bits per heavy atom. The van der Waals surface area contributed by atoms with E-state index in [4.69, 9.17) is 19.1 Å². The standard InChI is InChI=1S/C34H43N5O5Si/c1-34(2,3)45(4,5)44-17-16-43-28-12-13-35-30-24(20-38-14-6-7-15-38)19-26(36-31(28)30)22-8-9-25-23(18-22)21-39(33(25)42)27-10-11-29(40)37-32(27)41/h8-9,12-13,18-19,27H,6-7,10-11,14-17,20-21H2,1-5H3,(H,37,40,41). The number of carbonyl (C=O) groups excluding carboxylic acids is 3. The van der Waals surface area contributed by atoms with Gasteiger partial charge in [0.05, 0.1) is 17.8 Å². The maximum atomic E-state index is 13.3. The monoisotopic (exact) mass is 629 g/mol. The van der Waals surface area contributed by atoms with Crippen molar-refractivity contribution in [2.45, 2.75) is 83.7 Å². The van der Waals surface area contributed by atoms with Crippen molar-refractivity contribution in [2.75, 3.05) is 26.3 Å². The molecule has 3 aliphatic heterocycles. The van der Waals surface area contributed by atoms with Crippen molar-refractivity contribution in [3.8, 4) is 17.0 Å². The van der Waals surface area contributed by atoms with Gasteiger partial charge in [0.2, 0.25) is 11.8 Å². The van der Waals surface area contributed by atoms with E-state index in [2.05, 4.69) is 50.1 Å². The first kappa shape index (κ1) is 31.3. The Morgan fingerprint density at radius 3 is 2.53 bits per heavy atom. The van der Waals surface area contributed by atoms with Gasteiger partial charge >= 0.3 is 0 Å². The number of likely N-dealkylation sites (tertiary alicyclic amines) is 1. The van der Waals surface area contributed by atoms with Crippen LogP contribution in [0.25, 0.3) is 22.3 Å². The highest BCUT2D eigenvalue weighted by molar-refractivity contribution is 6.74. The van der Waals surface area contributed by atoms with E-state index in [1.165, 1.54) is 12.8 Å². The van der Waals surface area contributed by atoms with Crippen LogP contribution in [0.1, 0.15) is 67.9 Å². The number of hydrogen-bond donors (Lipinski definition) is 1. The Hall–Kier alpha value is -3.67. The molecule has 11 heteroatoms. The molecule has 1 atom stereocenters. The molecule has 10 nitrogen and oxygen atoms in total. The molecule has 45 heavy (non-hydrogen) atoms. The molecule has 3 amide bonds. The van der Waals surface area contributed by atoms with E-state index in [-0.39, 0.29) is 23.3 Å². The van der Waals surface area contributed by atoms with E-state index in [1.807, 2.05) is 24.3 Å². The van der Waals surface area contributed by atoms with Crippen molar-refractivity contribution in [2.24, 2.45) is 0 Å². The summed E-state index contributed by atoms with van der Waals surface area (Å²) in [5, 5.41) is 2.49. The lowest BCUT2D eigenvalue weighted by Crippen LogP contribution is -2.52. The quantitative estimate of drug-likeness (QED) is 0.199. The summed E-state index contributed by atoms with van der Waals surface area (Å²) in [5.41, 5.74) is 5.70. The second-order valence-corrected chi connectivity index (χ2v) is 18.7. The van der Waals surface area contributed by atoms with Crippen LogP contribution < -0.4 is 10.1 Å². The number of amides is 3. The molecular weight excluding hydrogens is 586 g/mol. The molecule has 0 spiro atoms. The summed E-state index contributed by atoms with van der Waals surface area (Å²) in [6, 6.07) is 9.06. The summed E-state index contributed by atoms with van der Waals surface area (Å²) in [7, 11) is -1.89. The largest absolute Gasteiger partial charge is 0.489 e. The number of hydrogen-bond acceptors (Lipinski definition) is 8. The van der Waals surface area contributed by atoms with Crippen molar-refractivity contribution in [3.05, 3.63) is 53.2 Å². The average Bonchev–Trinajstić information content (AvgIpc) is 3.62. The highest BCUT2D eigenvalue weighted by Crippen LogP contribution is 2.37. The number of fused-ring (bicyclic) bond motifs is 2. The van der Waals surface area contributed by atoms with Crippen molar-refractivity contribution in [3.63, 3.8) is 0 Å². The van der Waals surface area contributed by atoms with Crippen LogP contribution in [-0.2, 0) is 27.1 Å². The Bertz CT molecular complexity index is 1650. The Labute approximate surface area is 265 Å². The second kappa shape index (κ2) is 12.3. The first-order valence-electron chi connectivity index (χ1n) is 16.0. The number of benzene rings is 1. The fourth-order valence-electron chi connectivity index (χ4n) is 6.13. The van der Waals surface area contributed by atoms with Crippen LogP contribution in [0.4, 0.5) is 0 Å². The minimum atomic E-state index is -1.89. The lowest BCUT2D eigenvalue weighted by atomic mass is 10.0. The first-order chi connectivity index (χ1) is 21.4. The molecule has 6 rings (SSSR count). The zero-order valence-electron chi connectivity index (χ0n) is 26.9. The van der Waals surface area contributed by atoms with Gasteiger partial charge in [0.1, 0.15) is 23.9 Å². The normalized spacial score (nSPS) is 19.4. The van der Waals surface area contributed by atoms with E-state index in [0.717, 1.165) is 47.5 Å². The SMILES string of the molecule is CC(C)(C)[Si](C)(C)OCCOc1ccnc2c(CN3CCCC3)cc(-c3ccc4c(c3)CN(C3CCC(=O)NC3=O)C4=O)nc12. The van der Waals surface area contributed by atoms with Gasteiger partial charge in [0, 0.05) is 42.9 Å². The lowest BCUT2D eigenvalue weighted by molar-refractivity contribution is -0.136. The van der Waals surface area contributed by atoms with Crippen molar-refractivity contribution in [1.29, 1.82) is 0 Å². The molecule has 0 saturated carbocycles. The summed E-state index contributed by atoms with van der Waals surface area (Å²) < 4.78 is 12.6. The summed E-state index contributed by atoms with van der Waals surface area (Å²) in [6.45, 7) is 15.3.